The van der Waals surface area contributed by atoms with Crippen LogP contribution >= 0.6 is 19.4 Å². The molecule has 40 heavy (non-hydrogen) atoms. The lowest BCUT2D eigenvalue weighted by molar-refractivity contribution is 0.0452. The zero-order chi connectivity index (χ0) is 29.3. The molecule has 0 aliphatic heterocycles. The van der Waals surface area contributed by atoms with Gasteiger partial charge < -0.3 is 34.4 Å². The highest BCUT2D eigenvalue weighted by Gasteiger charge is 2.27. The Kier molecular flexibility index (Phi) is 11.0. The summed E-state index contributed by atoms with van der Waals surface area (Å²) in [5, 5.41) is 18.9. The average Bonchev–Trinajstić information content (AvgIpc) is 3.38. The third-order valence-electron chi connectivity index (χ3n) is 5.52. The van der Waals surface area contributed by atoms with Gasteiger partial charge in [-0.1, -0.05) is 59.2 Å². The minimum atomic E-state index is -4.86. The molecule has 0 saturated carbocycles. The van der Waals surface area contributed by atoms with Crippen LogP contribution in [0.1, 0.15) is 12.0 Å². The molecule has 3 amide bonds. The van der Waals surface area contributed by atoms with Crippen LogP contribution in [0.5, 0.6) is 0 Å². The Bertz CT molecular complexity index is 1340. The third-order valence-corrected chi connectivity index (χ3v) is 6.43. The Morgan fingerprint density at radius 2 is 1.90 bits per heavy atom. The molecule has 1 heterocycles. The van der Waals surface area contributed by atoms with Gasteiger partial charge in [0.1, 0.15) is 18.1 Å². The fourth-order valence-electron chi connectivity index (χ4n) is 3.44. The van der Waals surface area contributed by atoms with E-state index in [9.17, 15) is 23.7 Å². The van der Waals surface area contributed by atoms with E-state index in [1.54, 1.807) is 12.1 Å². The van der Waals surface area contributed by atoms with E-state index < -0.39 is 51.1 Å². The fraction of sp³-hybridized carbons (Fsp3) is 0.292. The van der Waals surface area contributed by atoms with Gasteiger partial charge in [0, 0.05) is 25.2 Å². The van der Waals surface area contributed by atoms with Crippen molar-refractivity contribution < 1.29 is 47.2 Å². The van der Waals surface area contributed by atoms with Gasteiger partial charge in [-0.15, -0.1) is 0 Å². The number of anilines is 1. The van der Waals surface area contributed by atoms with Crippen molar-refractivity contribution in [3.63, 3.8) is 0 Å². The molecule has 5 N–H and O–H groups in total. The Balaban J connectivity index is 1.62. The number of hydrogen-bond donors (Lipinski definition) is 5. The first kappa shape index (κ1) is 31.0. The van der Waals surface area contributed by atoms with E-state index in [1.165, 1.54) is 31.3 Å². The van der Waals surface area contributed by atoms with Crippen LogP contribution in [0.25, 0.3) is 11.3 Å². The van der Waals surface area contributed by atoms with Crippen LogP contribution < -0.4 is 10.6 Å². The molecule has 216 valence electrons. The number of carbonyl (C=O) groups is 2. The normalized spacial score (nSPS) is 12.8. The van der Waals surface area contributed by atoms with Gasteiger partial charge in [-0.25, -0.2) is 18.5 Å². The summed E-state index contributed by atoms with van der Waals surface area (Å²) in [5.41, 5.74) is 1.54. The maximum absolute atomic E-state index is 13.7. The molecule has 3 aromatic rings. The van der Waals surface area contributed by atoms with Crippen molar-refractivity contribution in [1.82, 2.24) is 15.4 Å². The number of ether oxygens (including phenoxy) is 1. The van der Waals surface area contributed by atoms with Crippen molar-refractivity contribution in [2.75, 3.05) is 25.6 Å². The standard InChI is InChI=1S/C24H27ClFN4O9P/c1-30(23(32)27-12-16-8-5-9-19(26)22(16)25)17(10-18(31)14-38-40(34,35)36)13-37-24(33)28-21-11-20(29-39-21)15-6-3-2-4-7-15/h2-9,11,17-18,31H,10,12-14H2,1H3,(H,27,32)(H,28,33)(H2,34,35,36)/t17-,18-/m1/s1. The summed E-state index contributed by atoms with van der Waals surface area (Å²) >= 11 is 5.92. The highest BCUT2D eigenvalue weighted by atomic mass is 35.5. The number of carbonyl (C=O) groups excluding carboxylic acids is 2. The molecule has 0 saturated heterocycles. The van der Waals surface area contributed by atoms with E-state index in [2.05, 4.69) is 20.3 Å². The maximum atomic E-state index is 13.7. The first-order valence-corrected chi connectivity index (χ1v) is 13.6. The second-order valence-electron chi connectivity index (χ2n) is 8.48. The first-order valence-electron chi connectivity index (χ1n) is 11.7. The van der Waals surface area contributed by atoms with E-state index in [0.29, 0.717) is 11.3 Å². The van der Waals surface area contributed by atoms with Crippen LogP contribution in [0.15, 0.2) is 59.1 Å². The molecule has 0 fully saturated rings. The maximum Gasteiger partial charge on any atom is 0.469 e. The summed E-state index contributed by atoms with van der Waals surface area (Å²) in [4.78, 5) is 44.1. The summed E-state index contributed by atoms with van der Waals surface area (Å²) in [7, 11) is -3.52. The summed E-state index contributed by atoms with van der Waals surface area (Å²) in [6.45, 7) is -1.32. The van der Waals surface area contributed by atoms with Crippen molar-refractivity contribution in [3.8, 4) is 11.3 Å². The molecule has 0 aliphatic rings. The predicted octanol–water partition coefficient (Wildman–Crippen LogP) is 3.75. The number of benzene rings is 2. The number of nitrogens with zero attached hydrogens (tertiary/aromatic N) is 2. The van der Waals surface area contributed by atoms with Gasteiger partial charge >= 0.3 is 19.9 Å². The number of amides is 3. The van der Waals surface area contributed by atoms with Gasteiger partial charge in [0.15, 0.2) is 0 Å². The van der Waals surface area contributed by atoms with Crippen LogP contribution in [0.2, 0.25) is 5.02 Å². The Morgan fingerprint density at radius 3 is 2.60 bits per heavy atom. The van der Waals surface area contributed by atoms with Gasteiger partial charge in [-0.05, 0) is 18.1 Å². The van der Waals surface area contributed by atoms with Crippen molar-refractivity contribution in [2.45, 2.75) is 25.1 Å². The van der Waals surface area contributed by atoms with E-state index in [1.807, 2.05) is 18.2 Å². The van der Waals surface area contributed by atoms with Gasteiger partial charge in [0.25, 0.3) is 0 Å². The number of aromatic nitrogens is 1. The number of phosphoric acid groups is 1. The number of phosphoric ester groups is 1. The molecule has 16 heteroatoms. The highest BCUT2D eigenvalue weighted by molar-refractivity contribution is 7.46. The lowest BCUT2D eigenvalue weighted by Gasteiger charge is -2.29. The van der Waals surface area contributed by atoms with E-state index >= 15 is 0 Å². The molecule has 0 unspecified atom stereocenters. The molecule has 0 radical (unpaired) electrons. The lowest BCUT2D eigenvalue weighted by atomic mass is 10.1. The molecule has 2 aromatic carbocycles. The van der Waals surface area contributed by atoms with Crippen LogP contribution in [-0.2, 0) is 20.4 Å². The number of hydrogen-bond acceptors (Lipinski definition) is 8. The molecule has 13 nitrogen and oxygen atoms in total. The number of rotatable bonds is 12. The minimum Gasteiger partial charge on any atom is -0.447 e. The zero-order valence-corrected chi connectivity index (χ0v) is 22.7. The van der Waals surface area contributed by atoms with Crippen molar-refractivity contribution in [2.24, 2.45) is 0 Å². The van der Waals surface area contributed by atoms with Crippen molar-refractivity contribution >= 4 is 37.4 Å². The first-order chi connectivity index (χ1) is 18.9. The third kappa shape index (κ3) is 9.59. The van der Waals surface area contributed by atoms with Crippen LogP contribution in [0.3, 0.4) is 0 Å². The smallest absolute Gasteiger partial charge is 0.447 e. The van der Waals surface area contributed by atoms with E-state index in [-0.39, 0.29) is 23.9 Å². The van der Waals surface area contributed by atoms with E-state index in [0.717, 1.165) is 10.5 Å². The molecule has 0 bridgehead atoms. The Labute approximate surface area is 233 Å². The van der Waals surface area contributed by atoms with Crippen LogP contribution in [0.4, 0.5) is 19.9 Å². The molecular weight excluding hydrogens is 574 g/mol. The highest BCUT2D eigenvalue weighted by Crippen LogP contribution is 2.36. The molecule has 0 spiro atoms. The molecular formula is C24H27ClFN4O9P. The molecule has 3 rings (SSSR count). The lowest BCUT2D eigenvalue weighted by Crippen LogP contribution is -2.47. The topological polar surface area (TPSA) is 184 Å². The summed E-state index contributed by atoms with van der Waals surface area (Å²) in [5.74, 6) is -0.663. The SMILES string of the molecule is CN(C(=O)NCc1cccc(F)c1Cl)[C@@H](COC(=O)Nc1cc(-c2ccccc2)no1)C[C@@H](O)COP(=O)(O)O. The summed E-state index contributed by atoms with van der Waals surface area (Å²) < 4.78 is 39.3. The van der Waals surface area contributed by atoms with Crippen LogP contribution in [-0.4, -0.2) is 69.5 Å². The number of likely N-dealkylation sites (N-methyl/N-ethyl adjacent to an activating group) is 1. The monoisotopic (exact) mass is 600 g/mol. The average molecular weight is 601 g/mol. The number of halogens is 2. The molecule has 1 aromatic heterocycles. The number of nitrogens with one attached hydrogen (secondary N) is 2. The van der Waals surface area contributed by atoms with Gasteiger partial charge in [-0.3, -0.25) is 9.84 Å². The predicted molar refractivity (Wildman–Crippen MR) is 141 cm³/mol. The summed E-state index contributed by atoms with van der Waals surface area (Å²) in [6, 6.07) is 13.0. The molecule has 0 aliphatic carbocycles. The minimum absolute atomic E-state index is 0.00597. The van der Waals surface area contributed by atoms with Crippen LogP contribution in [0, 0.1) is 5.82 Å². The summed E-state index contributed by atoms with van der Waals surface area (Å²) in [6.07, 6.45) is -2.69. The Morgan fingerprint density at radius 1 is 1.18 bits per heavy atom. The van der Waals surface area contributed by atoms with Gasteiger partial charge in [0.2, 0.25) is 5.88 Å². The van der Waals surface area contributed by atoms with Gasteiger partial charge in [0.05, 0.1) is 23.8 Å². The van der Waals surface area contributed by atoms with Crippen molar-refractivity contribution in [3.05, 3.63) is 71.0 Å². The number of urea groups is 1. The fourth-order valence-corrected chi connectivity index (χ4v) is 4.00. The van der Waals surface area contributed by atoms with E-state index in [4.69, 9.17) is 30.6 Å². The number of aliphatic hydroxyl groups is 1. The van der Waals surface area contributed by atoms with Gasteiger partial charge in [-0.2, -0.15) is 0 Å². The molecule has 2 atom stereocenters. The van der Waals surface area contributed by atoms with Crippen molar-refractivity contribution in [1.29, 1.82) is 0 Å². The quantitative estimate of drug-likeness (QED) is 0.192. The number of aliphatic hydroxyl groups excluding tert-OH is 1. The Hall–Kier alpha value is -3.52. The zero-order valence-electron chi connectivity index (χ0n) is 21.1. The second kappa shape index (κ2) is 14.2. The largest absolute Gasteiger partial charge is 0.469 e. The second-order valence-corrected chi connectivity index (χ2v) is 10.1.